The Balaban J connectivity index is 0.00000161. The molecule has 1 aromatic rings. The molecule has 2 saturated heterocycles. The number of halogens is 1. The number of carbonyl (C=O) groups is 1. The van der Waals surface area contributed by atoms with Gasteiger partial charge in [-0.25, -0.2) is 4.98 Å². The van der Waals surface area contributed by atoms with E-state index in [2.05, 4.69) is 15.2 Å². The van der Waals surface area contributed by atoms with Gasteiger partial charge in [-0.15, -0.1) is 12.4 Å². The number of nitrogens with zero attached hydrogens (tertiary/aromatic N) is 3. The molecule has 1 amide bonds. The summed E-state index contributed by atoms with van der Waals surface area (Å²) in [6, 6.07) is 3.71. The fourth-order valence-electron chi connectivity index (χ4n) is 2.63. The number of ether oxygens (including phenoxy) is 1. The van der Waals surface area contributed by atoms with Gasteiger partial charge in [-0.2, -0.15) is 0 Å². The van der Waals surface area contributed by atoms with Crippen LogP contribution in [0.2, 0.25) is 0 Å². The minimum Gasteiger partial charge on any atom is -0.378 e. The van der Waals surface area contributed by atoms with Gasteiger partial charge in [0, 0.05) is 45.5 Å². The second-order valence-corrected chi connectivity index (χ2v) is 5.02. The van der Waals surface area contributed by atoms with Crippen molar-refractivity contribution in [2.75, 3.05) is 57.4 Å². The molecule has 2 aliphatic heterocycles. The van der Waals surface area contributed by atoms with E-state index in [0.717, 1.165) is 45.1 Å². The van der Waals surface area contributed by atoms with Crippen LogP contribution in [0.1, 0.15) is 10.4 Å². The summed E-state index contributed by atoms with van der Waals surface area (Å²) in [4.78, 5) is 21.1. The van der Waals surface area contributed by atoms with Crippen LogP contribution in [0.3, 0.4) is 0 Å². The Bertz CT molecular complexity index is 474. The molecule has 6 nitrogen and oxygen atoms in total. The summed E-state index contributed by atoms with van der Waals surface area (Å²) in [5, 5.41) is 3.26. The summed E-state index contributed by atoms with van der Waals surface area (Å²) in [6.07, 6.45) is 1.75. The molecule has 0 saturated carbocycles. The van der Waals surface area contributed by atoms with Crippen LogP contribution >= 0.6 is 12.4 Å². The first-order valence-corrected chi connectivity index (χ1v) is 7.14. The monoisotopic (exact) mass is 312 g/mol. The average Bonchev–Trinajstić information content (AvgIpc) is 2.56. The zero-order chi connectivity index (χ0) is 13.8. The van der Waals surface area contributed by atoms with Crippen LogP contribution in [0.25, 0.3) is 0 Å². The molecule has 1 aromatic heterocycles. The van der Waals surface area contributed by atoms with Crippen molar-refractivity contribution in [3.05, 3.63) is 23.9 Å². The number of rotatable bonds is 2. The molecule has 0 unspecified atom stereocenters. The second kappa shape index (κ2) is 7.59. The average molecular weight is 313 g/mol. The molecule has 3 rings (SSSR count). The Morgan fingerprint density at radius 1 is 1.19 bits per heavy atom. The summed E-state index contributed by atoms with van der Waals surface area (Å²) in [7, 11) is 0. The van der Waals surface area contributed by atoms with Crippen LogP contribution in [0.4, 0.5) is 5.82 Å². The number of pyridine rings is 1. The molecule has 0 radical (unpaired) electrons. The lowest BCUT2D eigenvalue weighted by atomic mass is 10.2. The number of piperazine rings is 1. The van der Waals surface area contributed by atoms with Gasteiger partial charge >= 0.3 is 0 Å². The van der Waals surface area contributed by atoms with Crippen molar-refractivity contribution in [3.8, 4) is 0 Å². The third-order valence-corrected chi connectivity index (χ3v) is 3.73. The molecule has 0 spiro atoms. The SMILES string of the molecule is Cl.O=C(c1cccnc1N1CCOCC1)N1CCNCC1. The number of nitrogens with one attached hydrogen (secondary N) is 1. The quantitative estimate of drug-likeness (QED) is 0.856. The van der Waals surface area contributed by atoms with Gasteiger partial charge in [-0.3, -0.25) is 4.79 Å². The van der Waals surface area contributed by atoms with Gasteiger partial charge in [0.25, 0.3) is 5.91 Å². The highest BCUT2D eigenvalue weighted by Crippen LogP contribution is 2.20. The van der Waals surface area contributed by atoms with Gasteiger partial charge in [0.1, 0.15) is 5.82 Å². The lowest BCUT2D eigenvalue weighted by molar-refractivity contribution is 0.0734. The van der Waals surface area contributed by atoms with Gasteiger partial charge in [-0.1, -0.05) is 0 Å². The van der Waals surface area contributed by atoms with E-state index in [1.165, 1.54) is 0 Å². The third-order valence-electron chi connectivity index (χ3n) is 3.73. The van der Waals surface area contributed by atoms with Gasteiger partial charge in [0.15, 0.2) is 0 Å². The van der Waals surface area contributed by atoms with Crippen molar-refractivity contribution in [2.45, 2.75) is 0 Å². The molecule has 116 valence electrons. The van der Waals surface area contributed by atoms with Crippen LogP contribution in [0, 0.1) is 0 Å². The molecule has 2 aliphatic rings. The van der Waals surface area contributed by atoms with E-state index >= 15 is 0 Å². The maximum absolute atomic E-state index is 12.7. The minimum atomic E-state index is 0. The predicted octanol–water partition coefficient (Wildman–Crippen LogP) is 0.385. The number of aromatic nitrogens is 1. The Morgan fingerprint density at radius 2 is 1.90 bits per heavy atom. The third kappa shape index (κ3) is 3.64. The van der Waals surface area contributed by atoms with Gasteiger partial charge in [-0.05, 0) is 12.1 Å². The van der Waals surface area contributed by atoms with Crippen molar-refractivity contribution < 1.29 is 9.53 Å². The Kier molecular flexibility index (Phi) is 5.78. The zero-order valence-corrected chi connectivity index (χ0v) is 12.8. The Hall–Kier alpha value is -1.37. The van der Waals surface area contributed by atoms with Crippen LogP contribution in [-0.4, -0.2) is 68.3 Å². The number of amides is 1. The van der Waals surface area contributed by atoms with Crippen LogP contribution in [-0.2, 0) is 4.74 Å². The maximum Gasteiger partial charge on any atom is 0.257 e. The standard InChI is InChI=1S/C14H20N4O2.ClH/c19-14(18-6-4-15-5-7-18)12-2-1-3-16-13(12)17-8-10-20-11-9-17;/h1-3,15H,4-11H2;1H. The molecule has 0 aromatic carbocycles. The topological polar surface area (TPSA) is 57.7 Å². The predicted molar refractivity (Wildman–Crippen MR) is 83.3 cm³/mol. The molecule has 3 heterocycles. The highest BCUT2D eigenvalue weighted by atomic mass is 35.5. The maximum atomic E-state index is 12.7. The van der Waals surface area contributed by atoms with Crippen molar-refractivity contribution >= 4 is 24.1 Å². The first-order chi connectivity index (χ1) is 9.86. The molecule has 0 atom stereocenters. The zero-order valence-electron chi connectivity index (χ0n) is 12.0. The lowest BCUT2D eigenvalue weighted by Crippen LogP contribution is -2.47. The van der Waals surface area contributed by atoms with E-state index in [9.17, 15) is 4.79 Å². The number of carbonyl (C=O) groups excluding carboxylic acids is 1. The van der Waals surface area contributed by atoms with Crippen LogP contribution < -0.4 is 10.2 Å². The van der Waals surface area contributed by atoms with Crippen LogP contribution in [0.5, 0.6) is 0 Å². The summed E-state index contributed by atoms with van der Waals surface area (Å²) in [5.41, 5.74) is 0.705. The van der Waals surface area contributed by atoms with E-state index < -0.39 is 0 Å². The van der Waals surface area contributed by atoms with Crippen LogP contribution in [0.15, 0.2) is 18.3 Å². The van der Waals surface area contributed by atoms with E-state index in [4.69, 9.17) is 4.74 Å². The molecule has 7 heteroatoms. The number of morpholine rings is 1. The fraction of sp³-hybridized carbons (Fsp3) is 0.571. The first kappa shape index (κ1) is 16.0. The number of anilines is 1. The normalized spacial score (nSPS) is 19.0. The fourth-order valence-corrected chi connectivity index (χ4v) is 2.63. The summed E-state index contributed by atoms with van der Waals surface area (Å²) >= 11 is 0. The largest absolute Gasteiger partial charge is 0.378 e. The van der Waals surface area contributed by atoms with E-state index in [-0.39, 0.29) is 18.3 Å². The molecule has 21 heavy (non-hydrogen) atoms. The van der Waals surface area contributed by atoms with Crippen molar-refractivity contribution in [1.82, 2.24) is 15.2 Å². The van der Waals surface area contributed by atoms with E-state index in [1.807, 2.05) is 17.0 Å². The number of hydrogen-bond acceptors (Lipinski definition) is 5. The smallest absolute Gasteiger partial charge is 0.257 e. The van der Waals surface area contributed by atoms with Gasteiger partial charge < -0.3 is 19.9 Å². The van der Waals surface area contributed by atoms with Gasteiger partial charge in [0.2, 0.25) is 0 Å². The lowest BCUT2D eigenvalue weighted by Gasteiger charge is -2.31. The van der Waals surface area contributed by atoms with E-state index in [1.54, 1.807) is 6.20 Å². The molecule has 2 fully saturated rings. The second-order valence-electron chi connectivity index (χ2n) is 5.02. The molecular weight excluding hydrogens is 292 g/mol. The molecule has 0 aliphatic carbocycles. The summed E-state index contributed by atoms with van der Waals surface area (Å²) in [5.74, 6) is 0.875. The number of hydrogen-bond donors (Lipinski definition) is 1. The highest BCUT2D eigenvalue weighted by molar-refractivity contribution is 5.99. The van der Waals surface area contributed by atoms with Crippen molar-refractivity contribution in [3.63, 3.8) is 0 Å². The molecular formula is C14H21ClN4O2. The first-order valence-electron chi connectivity index (χ1n) is 7.14. The minimum absolute atomic E-state index is 0. The Labute approximate surface area is 130 Å². The molecule has 1 N–H and O–H groups in total. The van der Waals surface area contributed by atoms with Gasteiger partial charge in [0.05, 0.1) is 18.8 Å². The summed E-state index contributed by atoms with van der Waals surface area (Å²) in [6.45, 7) is 6.21. The van der Waals surface area contributed by atoms with E-state index in [0.29, 0.717) is 18.8 Å². The molecule has 0 bridgehead atoms. The summed E-state index contributed by atoms with van der Waals surface area (Å²) < 4.78 is 5.36. The van der Waals surface area contributed by atoms with Crippen molar-refractivity contribution in [2.24, 2.45) is 0 Å². The van der Waals surface area contributed by atoms with Crippen molar-refractivity contribution in [1.29, 1.82) is 0 Å². The highest BCUT2D eigenvalue weighted by Gasteiger charge is 2.24. The Morgan fingerprint density at radius 3 is 2.62 bits per heavy atom.